The Hall–Kier alpha value is -2.37. The van der Waals surface area contributed by atoms with Crippen LogP contribution in [-0.4, -0.2) is 30.4 Å². The van der Waals surface area contributed by atoms with E-state index in [0.717, 1.165) is 19.3 Å². The molecule has 6 rings (SSSR count). The van der Waals surface area contributed by atoms with Crippen molar-refractivity contribution >= 4 is 29.2 Å². The largest absolute Gasteiger partial charge is 0.455 e. The lowest BCUT2D eigenvalue weighted by molar-refractivity contribution is -0.173. The maximum absolute atomic E-state index is 13.1. The molecule has 1 N–H and O–H groups in total. The highest BCUT2D eigenvalue weighted by Crippen LogP contribution is 2.60. The predicted octanol–water partition coefficient (Wildman–Crippen LogP) is 3.51. The van der Waals surface area contributed by atoms with Crippen LogP contribution in [0, 0.1) is 23.2 Å². The van der Waals surface area contributed by atoms with Crippen molar-refractivity contribution < 1.29 is 19.1 Å². The SMILES string of the molecule is C[C@@H]1CC(=O)Nc2ccccc2N1C(=O)COC(=O)C12CC3CC(CC(C3)C1)C2. The lowest BCUT2D eigenvalue weighted by Crippen LogP contribution is -2.51. The summed E-state index contributed by atoms with van der Waals surface area (Å²) in [4.78, 5) is 39.9. The summed E-state index contributed by atoms with van der Waals surface area (Å²) in [6, 6.07) is 6.96. The molecule has 29 heavy (non-hydrogen) atoms. The van der Waals surface area contributed by atoms with Crippen LogP contribution in [0.25, 0.3) is 0 Å². The van der Waals surface area contributed by atoms with Crippen molar-refractivity contribution in [2.75, 3.05) is 16.8 Å². The van der Waals surface area contributed by atoms with E-state index in [2.05, 4.69) is 5.32 Å². The molecule has 6 heteroatoms. The maximum atomic E-state index is 13.1. The van der Waals surface area contributed by atoms with Crippen LogP contribution in [0.15, 0.2) is 24.3 Å². The molecule has 4 fully saturated rings. The zero-order valence-corrected chi connectivity index (χ0v) is 16.9. The number of amides is 2. The number of fused-ring (bicyclic) bond motifs is 1. The van der Waals surface area contributed by atoms with Gasteiger partial charge in [0.05, 0.1) is 16.8 Å². The number of carbonyl (C=O) groups excluding carboxylic acids is 3. The first-order chi connectivity index (χ1) is 13.9. The van der Waals surface area contributed by atoms with Gasteiger partial charge in [0.1, 0.15) is 0 Å². The molecule has 0 aromatic heterocycles. The third-order valence-corrected chi connectivity index (χ3v) is 7.43. The number of para-hydroxylation sites is 2. The van der Waals surface area contributed by atoms with E-state index in [1.165, 1.54) is 19.3 Å². The summed E-state index contributed by atoms with van der Waals surface area (Å²) in [5.41, 5.74) is 0.902. The topological polar surface area (TPSA) is 75.7 Å². The summed E-state index contributed by atoms with van der Waals surface area (Å²) in [6.45, 7) is 1.58. The highest BCUT2D eigenvalue weighted by molar-refractivity contribution is 6.05. The van der Waals surface area contributed by atoms with Gasteiger partial charge in [-0.25, -0.2) is 0 Å². The van der Waals surface area contributed by atoms with E-state index in [4.69, 9.17) is 4.74 Å². The van der Waals surface area contributed by atoms with Crippen molar-refractivity contribution in [3.8, 4) is 0 Å². The Morgan fingerprint density at radius 1 is 1.10 bits per heavy atom. The Morgan fingerprint density at radius 3 is 2.38 bits per heavy atom. The first-order valence-corrected chi connectivity index (χ1v) is 10.8. The molecule has 1 atom stereocenters. The highest BCUT2D eigenvalue weighted by atomic mass is 16.5. The predicted molar refractivity (Wildman–Crippen MR) is 108 cm³/mol. The number of hydrogen-bond donors (Lipinski definition) is 1. The minimum Gasteiger partial charge on any atom is -0.455 e. The van der Waals surface area contributed by atoms with E-state index in [9.17, 15) is 14.4 Å². The second-order valence-corrected chi connectivity index (χ2v) is 9.66. The molecule has 1 heterocycles. The van der Waals surface area contributed by atoms with Gasteiger partial charge in [-0.2, -0.15) is 0 Å². The fourth-order valence-electron chi connectivity index (χ4n) is 6.68. The number of anilines is 2. The fraction of sp³-hybridized carbons (Fsp3) is 0.609. The summed E-state index contributed by atoms with van der Waals surface area (Å²) in [6.07, 6.45) is 6.76. The van der Waals surface area contributed by atoms with Crippen LogP contribution in [0.1, 0.15) is 51.9 Å². The normalized spacial score (nSPS) is 34.9. The molecule has 154 valence electrons. The molecule has 0 saturated heterocycles. The van der Waals surface area contributed by atoms with Crippen molar-refractivity contribution in [1.29, 1.82) is 0 Å². The quantitative estimate of drug-likeness (QED) is 0.794. The monoisotopic (exact) mass is 396 g/mol. The Morgan fingerprint density at radius 2 is 1.72 bits per heavy atom. The molecule has 4 saturated carbocycles. The van der Waals surface area contributed by atoms with Gasteiger partial charge in [0.2, 0.25) is 5.91 Å². The van der Waals surface area contributed by atoms with Gasteiger partial charge in [0.25, 0.3) is 5.91 Å². The third kappa shape index (κ3) is 3.22. The van der Waals surface area contributed by atoms with E-state index in [1.807, 2.05) is 25.1 Å². The van der Waals surface area contributed by atoms with Gasteiger partial charge in [-0.05, 0) is 75.3 Å². The lowest BCUT2D eigenvalue weighted by Gasteiger charge is -2.55. The van der Waals surface area contributed by atoms with Crippen molar-refractivity contribution in [3.05, 3.63) is 24.3 Å². The van der Waals surface area contributed by atoms with E-state index >= 15 is 0 Å². The summed E-state index contributed by atoms with van der Waals surface area (Å²) < 4.78 is 5.64. The number of benzene rings is 1. The summed E-state index contributed by atoms with van der Waals surface area (Å²) in [5.74, 6) is 1.37. The van der Waals surface area contributed by atoms with Gasteiger partial charge in [-0.1, -0.05) is 12.1 Å². The number of carbonyl (C=O) groups is 3. The van der Waals surface area contributed by atoms with Crippen LogP contribution in [0.3, 0.4) is 0 Å². The van der Waals surface area contributed by atoms with Crippen LogP contribution in [0.2, 0.25) is 0 Å². The molecule has 1 aromatic rings. The Labute approximate surface area is 171 Å². The molecule has 2 amide bonds. The van der Waals surface area contributed by atoms with E-state index in [0.29, 0.717) is 29.1 Å². The minimum absolute atomic E-state index is 0.120. The number of ether oxygens (including phenoxy) is 1. The zero-order chi connectivity index (χ0) is 20.2. The maximum Gasteiger partial charge on any atom is 0.312 e. The molecule has 1 aromatic carbocycles. The van der Waals surface area contributed by atoms with Crippen LogP contribution >= 0.6 is 0 Å². The molecule has 0 spiro atoms. The second-order valence-electron chi connectivity index (χ2n) is 9.66. The lowest BCUT2D eigenvalue weighted by atomic mass is 9.49. The Bertz CT molecular complexity index is 829. The van der Waals surface area contributed by atoms with Gasteiger partial charge in [0.15, 0.2) is 6.61 Å². The first kappa shape index (κ1) is 18.6. The molecule has 1 aliphatic heterocycles. The number of esters is 1. The molecular formula is C23H28N2O4. The number of nitrogens with one attached hydrogen (secondary N) is 1. The fourth-order valence-corrected chi connectivity index (χ4v) is 6.68. The molecule has 6 nitrogen and oxygen atoms in total. The van der Waals surface area contributed by atoms with Crippen LogP contribution in [0.5, 0.6) is 0 Å². The molecule has 4 aliphatic carbocycles. The van der Waals surface area contributed by atoms with Crippen molar-refractivity contribution in [2.45, 2.75) is 57.9 Å². The van der Waals surface area contributed by atoms with Crippen molar-refractivity contribution in [1.82, 2.24) is 0 Å². The highest BCUT2D eigenvalue weighted by Gasteiger charge is 2.55. The minimum atomic E-state index is -0.366. The van der Waals surface area contributed by atoms with Crippen LogP contribution in [-0.2, 0) is 19.1 Å². The zero-order valence-electron chi connectivity index (χ0n) is 16.9. The van der Waals surface area contributed by atoms with Gasteiger partial charge in [-0.15, -0.1) is 0 Å². The van der Waals surface area contributed by atoms with Crippen LogP contribution in [0.4, 0.5) is 11.4 Å². The number of rotatable bonds is 3. The smallest absolute Gasteiger partial charge is 0.312 e. The molecule has 0 unspecified atom stereocenters. The van der Waals surface area contributed by atoms with Gasteiger partial charge < -0.3 is 15.0 Å². The molecule has 0 radical (unpaired) electrons. The van der Waals surface area contributed by atoms with E-state index < -0.39 is 0 Å². The number of nitrogens with zero attached hydrogens (tertiary/aromatic N) is 1. The van der Waals surface area contributed by atoms with E-state index in [-0.39, 0.29) is 42.3 Å². The van der Waals surface area contributed by atoms with Gasteiger partial charge in [-0.3, -0.25) is 14.4 Å². The van der Waals surface area contributed by atoms with Gasteiger partial charge >= 0.3 is 5.97 Å². The third-order valence-electron chi connectivity index (χ3n) is 7.43. The molecular weight excluding hydrogens is 368 g/mol. The van der Waals surface area contributed by atoms with Crippen molar-refractivity contribution in [3.63, 3.8) is 0 Å². The van der Waals surface area contributed by atoms with Crippen molar-refractivity contribution in [2.24, 2.45) is 23.2 Å². The Balaban J connectivity index is 1.31. The van der Waals surface area contributed by atoms with Crippen LogP contribution < -0.4 is 10.2 Å². The summed E-state index contributed by atoms with van der Waals surface area (Å²) in [7, 11) is 0. The molecule has 5 aliphatic rings. The van der Waals surface area contributed by atoms with E-state index in [1.54, 1.807) is 11.0 Å². The Kier molecular flexibility index (Phi) is 4.41. The van der Waals surface area contributed by atoms with Gasteiger partial charge in [0, 0.05) is 12.5 Å². The standard InChI is InChI=1S/C23H28N2O4/c1-14-6-20(26)24-18-4-2-3-5-19(18)25(14)21(27)13-29-22(28)23-10-15-7-16(11-23)9-17(8-15)12-23/h2-5,14-17H,6-13H2,1H3,(H,24,26)/t14-,15?,16?,17?,23?/m1/s1. The average molecular weight is 396 g/mol. The summed E-state index contributed by atoms with van der Waals surface area (Å²) >= 11 is 0. The average Bonchev–Trinajstić information content (AvgIpc) is 2.79. The second kappa shape index (κ2) is 6.85. The number of hydrogen-bond acceptors (Lipinski definition) is 4. The first-order valence-electron chi connectivity index (χ1n) is 10.8. The summed E-state index contributed by atoms with van der Waals surface area (Å²) in [5, 5.41) is 2.85. The molecule has 4 bridgehead atoms.